The van der Waals surface area contributed by atoms with Gasteiger partial charge in [-0.15, -0.1) is 34.0 Å². The third kappa shape index (κ3) is 31.6. The summed E-state index contributed by atoms with van der Waals surface area (Å²) in [6.07, 6.45) is 25.3. The predicted octanol–water partition coefficient (Wildman–Crippen LogP) is 8.38. The van der Waals surface area contributed by atoms with Crippen LogP contribution in [0.4, 0.5) is 0 Å². The number of hydrogen-bond acceptors (Lipinski definition) is 2. The summed E-state index contributed by atoms with van der Waals surface area (Å²) in [6.45, 7) is 9.50. The van der Waals surface area contributed by atoms with Gasteiger partial charge in [0, 0.05) is 0 Å². The first kappa shape index (κ1) is 33.5. The van der Waals surface area contributed by atoms with Crippen molar-refractivity contribution in [3.05, 3.63) is 0 Å². The fourth-order valence-corrected chi connectivity index (χ4v) is 3.52. The second-order valence-corrected chi connectivity index (χ2v) is 8.16. The van der Waals surface area contributed by atoms with Crippen molar-refractivity contribution >= 4 is 34.0 Å². The van der Waals surface area contributed by atoms with Crippen LogP contribution >= 0.6 is 34.0 Å². The summed E-state index contributed by atoms with van der Waals surface area (Å²) in [5.74, 6) is 0. The zero-order valence-corrected chi connectivity index (χ0v) is 22.8. The molecule has 0 saturated heterocycles. The number of rotatable bonds is 23. The molecular formula is C24H54Br2N2. The van der Waals surface area contributed by atoms with E-state index in [-0.39, 0.29) is 34.0 Å². The molecule has 0 spiro atoms. The van der Waals surface area contributed by atoms with Gasteiger partial charge in [0.15, 0.2) is 0 Å². The second-order valence-electron chi connectivity index (χ2n) is 8.16. The summed E-state index contributed by atoms with van der Waals surface area (Å²) in [4.78, 5) is 0. The Hall–Kier alpha value is 0.880. The Morgan fingerprint density at radius 2 is 0.536 bits per heavy atom. The Morgan fingerprint density at radius 1 is 0.321 bits per heavy atom. The van der Waals surface area contributed by atoms with Gasteiger partial charge in [0.2, 0.25) is 0 Å². The van der Waals surface area contributed by atoms with E-state index in [1.165, 1.54) is 142 Å². The maximum Gasteiger partial charge on any atom is -0.00489 e. The number of unbranched alkanes of at least 4 members (excludes halogenated alkanes) is 15. The Kier molecular flexibility index (Phi) is 39.0. The van der Waals surface area contributed by atoms with Crippen LogP contribution in [0.5, 0.6) is 0 Å². The molecule has 0 amide bonds. The molecule has 0 atom stereocenters. The largest absolute Gasteiger partial charge is 0.317 e. The first-order valence-electron chi connectivity index (χ1n) is 12.3. The van der Waals surface area contributed by atoms with Gasteiger partial charge in [-0.3, -0.25) is 0 Å². The molecule has 0 saturated carbocycles. The number of hydrogen-bond donors (Lipinski definition) is 2. The standard InChI is InChI=1S/C24H52N2.2BrH/c1-3-5-7-13-17-21-25-23-19-15-11-9-10-12-16-20-24-26-22-18-14-8-6-4-2;;/h25-26H,3-24H2,1-2H3;2*1H. The SMILES string of the molecule is Br.Br.CCCCCCCNCCCCCCCCCCNCCCCCCC. The van der Waals surface area contributed by atoms with Gasteiger partial charge in [0.1, 0.15) is 0 Å². The van der Waals surface area contributed by atoms with E-state index in [0.29, 0.717) is 0 Å². The molecule has 0 aliphatic carbocycles. The van der Waals surface area contributed by atoms with Gasteiger partial charge in [-0.25, -0.2) is 0 Å². The summed E-state index contributed by atoms with van der Waals surface area (Å²) in [5.41, 5.74) is 0. The molecule has 2 N–H and O–H groups in total. The highest BCUT2D eigenvalue weighted by Gasteiger charge is 1.94. The molecular weight excluding hydrogens is 476 g/mol. The van der Waals surface area contributed by atoms with E-state index in [2.05, 4.69) is 24.5 Å². The number of halogens is 2. The quantitative estimate of drug-likeness (QED) is 0.130. The Labute approximate surface area is 199 Å². The fraction of sp³-hybridized carbons (Fsp3) is 1.00. The molecule has 2 nitrogen and oxygen atoms in total. The number of nitrogens with one attached hydrogen (secondary N) is 2. The lowest BCUT2D eigenvalue weighted by molar-refractivity contribution is 0.526. The molecule has 0 heterocycles. The smallest absolute Gasteiger partial charge is 0.00489 e. The highest BCUT2D eigenvalue weighted by molar-refractivity contribution is 8.93. The van der Waals surface area contributed by atoms with Crippen LogP contribution in [0.25, 0.3) is 0 Å². The van der Waals surface area contributed by atoms with E-state index in [4.69, 9.17) is 0 Å². The van der Waals surface area contributed by atoms with Gasteiger partial charge < -0.3 is 10.6 Å². The summed E-state index contributed by atoms with van der Waals surface area (Å²) in [7, 11) is 0. The third-order valence-corrected chi connectivity index (χ3v) is 5.37. The maximum absolute atomic E-state index is 3.60. The molecule has 0 radical (unpaired) electrons. The summed E-state index contributed by atoms with van der Waals surface area (Å²) >= 11 is 0. The lowest BCUT2D eigenvalue weighted by Crippen LogP contribution is -2.16. The zero-order valence-electron chi connectivity index (χ0n) is 19.4. The van der Waals surface area contributed by atoms with Crippen molar-refractivity contribution in [2.45, 2.75) is 129 Å². The minimum absolute atomic E-state index is 0. The van der Waals surface area contributed by atoms with Crippen molar-refractivity contribution in [2.24, 2.45) is 0 Å². The molecule has 0 aromatic carbocycles. The van der Waals surface area contributed by atoms with Crippen LogP contribution in [0, 0.1) is 0 Å². The van der Waals surface area contributed by atoms with Crippen LogP contribution in [0.3, 0.4) is 0 Å². The van der Waals surface area contributed by atoms with Crippen molar-refractivity contribution in [2.75, 3.05) is 26.2 Å². The molecule has 0 unspecified atom stereocenters. The Morgan fingerprint density at radius 3 is 0.786 bits per heavy atom. The monoisotopic (exact) mass is 528 g/mol. The molecule has 28 heavy (non-hydrogen) atoms. The molecule has 0 bridgehead atoms. The van der Waals surface area contributed by atoms with Crippen LogP contribution in [-0.4, -0.2) is 26.2 Å². The van der Waals surface area contributed by atoms with Crippen molar-refractivity contribution in [3.8, 4) is 0 Å². The van der Waals surface area contributed by atoms with Crippen LogP contribution in [0.2, 0.25) is 0 Å². The van der Waals surface area contributed by atoms with Crippen LogP contribution in [0.1, 0.15) is 129 Å². The minimum Gasteiger partial charge on any atom is -0.317 e. The third-order valence-electron chi connectivity index (χ3n) is 5.37. The van der Waals surface area contributed by atoms with Crippen LogP contribution in [-0.2, 0) is 0 Å². The minimum atomic E-state index is 0. The zero-order chi connectivity index (χ0) is 19.0. The van der Waals surface area contributed by atoms with E-state index >= 15 is 0 Å². The van der Waals surface area contributed by atoms with Crippen LogP contribution < -0.4 is 10.6 Å². The average Bonchev–Trinajstić information content (AvgIpc) is 2.66. The Balaban J connectivity index is -0.00000312. The highest BCUT2D eigenvalue weighted by atomic mass is 79.9. The summed E-state index contributed by atoms with van der Waals surface area (Å²) in [6, 6.07) is 0. The molecule has 0 aromatic rings. The maximum atomic E-state index is 3.60. The van der Waals surface area contributed by atoms with E-state index in [9.17, 15) is 0 Å². The second kappa shape index (κ2) is 32.5. The fourth-order valence-electron chi connectivity index (χ4n) is 3.52. The first-order chi connectivity index (χ1) is 12.9. The van der Waals surface area contributed by atoms with E-state index in [1.807, 2.05) is 0 Å². The molecule has 0 aliphatic rings. The normalized spacial score (nSPS) is 10.5. The van der Waals surface area contributed by atoms with Crippen molar-refractivity contribution in [3.63, 3.8) is 0 Å². The lowest BCUT2D eigenvalue weighted by atomic mass is 10.1. The Bertz CT molecular complexity index is 217. The molecule has 4 heteroatoms. The van der Waals surface area contributed by atoms with Crippen molar-refractivity contribution in [1.29, 1.82) is 0 Å². The topological polar surface area (TPSA) is 24.1 Å². The average molecular weight is 531 g/mol. The molecule has 0 fully saturated rings. The van der Waals surface area contributed by atoms with Crippen molar-refractivity contribution in [1.82, 2.24) is 10.6 Å². The van der Waals surface area contributed by atoms with Gasteiger partial charge >= 0.3 is 0 Å². The van der Waals surface area contributed by atoms with E-state index < -0.39 is 0 Å². The molecule has 0 aliphatic heterocycles. The molecule has 0 rings (SSSR count). The van der Waals surface area contributed by atoms with Gasteiger partial charge in [-0.1, -0.05) is 104 Å². The predicted molar refractivity (Wildman–Crippen MR) is 141 cm³/mol. The van der Waals surface area contributed by atoms with Crippen molar-refractivity contribution < 1.29 is 0 Å². The van der Waals surface area contributed by atoms with Crippen LogP contribution in [0.15, 0.2) is 0 Å². The summed E-state index contributed by atoms with van der Waals surface area (Å²) < 4.78 is 0. The molecule has 174 valence electrons. The van der Waals surface area contributed by atoms with Gasteiger partial charge in [-0.05, 0) is 51.9 Å². The summed E-state index contributed by atoms with van der Waals surface area (Å²) in [5, 5.41) is 7.21. The lowest BCUT2D eigenvalue weighted by Gasteiger charge is -2.06. The highest BCUT2D eigenvalue weighted by Crippen LogP contribution is 2.08. The van der Waals surface area contributed by atoms with Gasteiger partial charge in [-0.2, -0.15) is 0 Å². The first-order valence-corrected chi connectivity index (χ1v) is 12.3. The van der Waals surface area contributed by atoms with Gasteiger partial charge in [0.25, 0.3) is 0 Å². The van der Waals surface area contributed by atoms with E-state index in [0.717, 1.165) is 0 Å². The van der Waals surface area contributed by atoms with Gasteiger partial charge in [0.05, 0.1) is 0 Å². The molecule has 0 aromatic heterocycles. The van der Waals surface area contributed by atoms with E-state index in [1.54, 1.807) is 0 Å².